The van der Waals surface area contributed by atoms with E-state index in [2.05, 4.69) is 157 Å². The molecule has 3 aliphatic rings. The van der Waals surface area contributed by atoms with E-state index in [9.17, 15) is 0 Å². The van der Waals surface area contributed by atoms with Crippen molar-refractivity contribution in [3.05, 3.63) is 185 Å². The maximum absolute atomic E-state index is 2.48. The predicted octanol–water partition coefficient (Wildman–Crippen LogP) is 10.3. The van der Waals surface area contributed by atoms with Crippen LogP contribution in [0.2, 0.25) is 0 Å². The first-order valence-electron chi connectivity index (χ1n) is 15.1. The van der Waals surface area contributed by atoms with Gasteiger partial charge in [-0.25, -0.2) is 0 Å². The van der Waals surface area contributed by atoms with Crippen LogP contribution in [-0.2, 0) is 11.8 Å². The molecule has 0 saturated heterocycles. The number of rotatable bonds is 1. The highest BCUT2D eigenvalue weighted by atomic mass is 15.2. The van der Waals surface area contributed by atoms with E-state index in [0.717, 1.165) is 6.42 Å². The minimum absolute atomic E-state index is 0.371. The minimum atomic E-state index is -0.449. The standard InChI is InChI=1S/C41H31N/c1-27-33-26-28-14-5-6-17-30(28)32-19-13-23-37(40(27)32)41(34-20-8-7-18-31(33)34)35-21-9-11-24-38(35)42(29-15-3-2-4-16-29)39-25-12-10-22-36(39)41/h2-25,27,33H,26H2,1H3. The summed E-state index contributed by atoms with van der Waals surface area (Å²) in [6, 6.07) is 54.7. The van der Waals surface area contributed by atoms with Crippen molar-refractivity contribution in [1.29, 1.82) is 0 Å². The highest BCUT2D eigenvalue weighted by Crippen LogP contribution is 2.63. The molecule has 0 N–H and O–H groups in total. The first kappa shape index (κ1) is 23.8. The van der Waals surface area contributed by atoms with Crippen LogP contribution >= 0.6 is 0 Å². The summed E-state index contributed by atoms with van der Waals surface area (Å²) >= 11 is 0. The second kappa shape index (κ2) is 8.81. The van der Waals surface area contributed by atoms with Crippen LogP contribution in [0.5, 0.6) is 0 Å². The van der Waals surface area contributed by atoms with Gasteiger partial charge in [0, 0.05) is 5.69 Å². The third-order valence-corrected chi connectivity index (χ3v) is 10.2. The molecule has 0 saturated carbocycles. The summed E-state index contributed by atoms with van der Waals surface area (Å²) in [6.45, 7) is 2.48. The zero-order chi connectivity index (χ0) is 27.8. The van der Waals surface area contributed by atoms with Crippen LogP contribution in [0.1, 0.15) is 57.7 Å². The van der Waals surface area contributed by atoms with Crippen LogP contribution in [-0.4, -0.2) is 0 Å². The molecule has 1 spiro atoms. The normalized spacial score (nSPS) is 18.6. The Balaban J connectivity index is 1.50. The van der Waals surface area contributed by atoms with Crippen molar-refractivity contribution >= 4 is 17.1 Å². The number of anilines is 3. The fourth-order valence-corrected chi connectivity index (χ4v) is 8.56. The molecule has 0 fully saturated rings. The van der Waals surface area contributed by atoms with Gasteiger partial charge in [0.05, 0.1) is 16.8 Å². The average Bonchev–Trinajstić information content (AvgIpc) is 3.23. The molecule has 1 nitrogen and oxygen atoms in total. The van der Waals surface area contributed by atoms with Crippen LogP contribution in [0.15, 0.2) is 146 Å². The third kappa shape index (κ3) is 2.98. The molecule has 9 rings (SSSR count). The summed E-state index contributed by atoms with van der Waals surface area (Å²) in [4.78, 5) is 2.47. The Kier molecular flexibility index (Phi) is 4.99. The van der Waals surface area contributed by atoms with Gasteiger partial charge in [-0.15, -0.1) is 0 Å². The van der Waals surface area contributed by atoms with Gasteiger partial charge >= 0.3 is 0 Å². The number of hydrogen-bond acceptors (Lipinski definition) is 1. The maximum atomic E-state index is 2.48. The molecule has 6 aromatic carbocycles. The lowest BCUT2D eigenvalue weighted by Crippen LogP contribution is -2.38. The fraction of sp³-hybridized carbons (Fsp3) is 0.122. The van der Waals surface area contributed by atoms with E-state index in [1.165, 1.54) is 67.1 Å². The molecule has 200 valence electrons. The Labute approximate surface area is 247 Å². The molecule has 2 atom stereocenters. The van der Waals surface area contributed by atoms with E-state index >= 15 is 0 Å². The summed E-state index contributed by atoms with van der Waals surface area (Å²) in [7, 11) is 0. The number of benzene rings is 6. The molecule has 2 bridgehead atoms. The van der Waals surface area contributed by atoms with E-state index < -0.39 is 5.41 Å². The zero-order valence-corrected chi connectivity index (χ0v) is 23.7. The Morgan fingerprint density at radius 2 is 1.10 bits per heavy atom. The summed E-state index contributed by atoms with van der Waals surface area (Å²) < 4.78 is 0. The fourth-order valence-electron chi connectivity index (χ4n) is 8.56. The van der Waals surface area contributed by atoms with Crippen molar-refractivity contribution in [2.24, 2.45) is 0 Å². The van der Waals surface area contributed by atoms with Crippen molar-refractivity contribution < 1.29 is 0 Å². The lowest BCUT2D eigenvalue weighted by Gasteiger charge is -2.47. The molecular formula is C41H31N. The molecule has 42 heavy (non-hydrogen) atoms. The largest absolute Gasteiger partial charge is 0.310 e. The Morgan fingerprint density at radius 1 is 0.524 bits per heavy atom. The Morgan fingerprint density at radius 3 is 1.86 bits per heavy atom. The second-order valence-electron chi connectivity index (χ2n) is 12.1. The molecule has 0 radical (unpaired) electrons. The molecule has 1 heterocycles. The first-order valence-corrected chi connectivity index (χ1v) is 15.1. The number of hydrogen-bond donors (Lipinski definition) is 0. The van der Waals surface area contributed by atoms with Crippen LogP contribution in [0.4, 0.5) is 17.1 Å². The highest BCUT2D eigenvalue weighted by molar-refractivity contribution is 5.91. The number of nitrogens with zero attached hydrogens (tertiary/aromatic N) is 1. The van der Waals surface area contributed by atoms with Crippen molar-refractivity contribution in [3.63, 3.8) is 0 Å². The van der Waals surface area contributed by atoms with Crippen molar-refractivity contribution in [2.45, 2.75) is 30.6 Å². The van der Waals surface area contributed by atoms with Gasteiger partial charge in [0.1, 0.15) is 0 Å². The molecule has 2 unspecified atom stereocenters. The molecule has 0 amide bonds. The van der Waals surface area contributed by atoms with E-state index in [1.54, 1.807) is 0 Å². The molecule has 6 aromatic rings. The Hall–Kier alpha value is -4.88. The van der Waals surface area contributed by atoms with Gasteiger partial charge in [0.15, 0.2) is 0 Å². The molecule has 1 aliphatic heterocycles. The topological polar surface area (TPSA) is 3.24 Å². The highest BCUT2D eigenvalue weighted by Gasteiger charge is 2.52. The smallest absolute Gasteiger partial charge is 0.0748 e. The van der Waals surface area contributed by atoms with E-state index in [1.807, 2.05) is 0 Å². The number of fused-ring (bicyclic) bond motifs is 11. The van der Waals surface area contributed by atoms with Crippen LogP contribution in [0.25, 0.3) is 11.1 Å². The van der Waals surface area contributed by atoms with Gasteiger partial charge in [0.2, 0.25) is 0 Å². The summed E-state index contributed by atoms with van der Waals surface area (Å²) in [5, 5.41) is 0. The summed E-state index contributed by atoms with van der Waals surface area (Å²) in [6.07, 6.45) is 1.04. The van der Waals surface area contributed by atoms with Gasteiger partial charge in [-0.05, 0) is 92.6 Å². The quantitative estimate of drug-likeness (QED) is 0.201. The van der Waals surface area contributed by atoms with Gasteiger partial charge in [-0.3, -0.25) is 0 Å². The minimum Gasteiger partial charge on any atom is -0.310 e. The maximum Gasteiger partial charge on any atom is 0.0748 e. The lowest BCUT2D eigenvalue weighted by atomic mass is 9.60. The second-order valence-corrected chi connectivity index (χ2v) is 12.1. The van der Waals surface area contributed by atoms with Crippen molar-refractivity contribution in [1.82, 2.24) is 0 Å². The van der Waals surface area contributed by atoms with Gasteiger partial charge in [0.25, 0.3) is 0 Å². The van der Waals surface area contributed by atoms with E-state index in [-0.39, 0.29) is 0 Å². The number of para-hydroxylation sites is 3. The van der Waals surface area contributed by atoms with Gasteiger partial charge in [-0.2, -0.15) is 0 Å². The van der Waals surface area contributed by atoms with Gasteiger partial charge < -0.3 is 4.90 Å². The monoisotopic (exact) mass is 537 g/mol. The molecule has 2 aliphatic carbocycles. The van der Waals surface area contributed by atoms with E-state index in [4.69, 9.17) is 0 Å². The summed E-state index contributed by atoms with van der Waals surface area (Å²) in [5.74, 6) is 0.756. The third-order valence-electron chi connectivity index (χ3n) is 10.2. The van der Waals surface area contributed by atoms with Crippen LogP contribution in [0.3, 0.4) is 0 Å². The van der Waals surface area contributed by atoms with Crippen LogP contribution in [0, 0.1) is 0 Å². The van der Waals surface area contributed by atoms with Crippen molar-refractivity contribution in [2.75, 3.05) is 4.90 Å². The predicted molar refractivity (Wildman–Crippen MR) is 173 cm³/mol. The van der Waals surface area contributed by atoms with Crippen LogP contribution < -0.4 is 4.90 Å². The molecular weight excluding hydrogens is 506 g/mol. The van der Waals surface area contributed by atoms with Gasteiger partial charge in [-0.1, -0.05) is 128 Å². The van der Waals surface area contributed by atoms with E-state index in [0.29, 0.717) is 11.8 Å². The summed E-state index contributed by atoms with van der Waals surface area (Å²) in [5.41, 5.74) is 16.0. The van der Waals surface area contributed by atoms with Crippen molar-refractivity contribution in [3.8, 4) is 11.1 Å². The Bertz CT molecular complexity index is 1950. The molecule has 1 heteroatoms. The first-order chi connectivity index (χ1) is 20.8. The molecule has 0 aromatic heterocycles. The lowest BCUT2D eigenvalue weighted by molar-refractivity contribution is 0.581. The SMILES string of the molecule is CC1c2c3cccc2C2(c4ccccc4C1Cc1ccccc1-3)c1ccccc1N(c1ccccc1)c1ccccc12. The average molecular weight is 538 g/mol. The zero-order valence-electron chi connectivity index (χ0n) is 23.7.